The first-order chi connectivity index (χ1) is 19.2. The van der Waals surface area contributed by atoms with E-state index in [1.165, 1.54) is 7.11 Å². The lowest BCUT2D eigenvalue weighted by Gasteiger charge is -2.35. The Hall–Kier alpha value is -3.21. The van der Waals surface area contributed by atoms with Gasteiger partial charge in [0.2, 0.25) is 0 Å². The number of methoxy groups -OCH3 is 1. The largest absolute Gasteiger partial charge is 0.494 e. The molecule has 0 unspecified atom stereocenters. The third-order valence-electron chi connectivity index (χ3n) is 7.86. The molecular weight excluding hydrogens is 499 g/mol. The monoisotopic (exact) mass is 536 g/mol. The summed E-state index contributed by atoms with van der Waals surface area (Å²) >= 11 is 0. The van der Waals surface area contributed by atoms with Gasteiger partial charge in [0.25, 0.3) is 0 Å². The number of nitrogens with zero attached hydrogens (tertiary/aromatic N) is 5. The Balaban J connectivity index is 1.27. The molecule has 0 spiro atoms. The molecule has 10 heteroatoms. The molecule has 6 rings (SSSR count). The quantitative estimate of drug-likeness (QED) is 0.438. The summed E-state index contributed by atoms with van der Waals surface area (Å²) in [6, 6.07) is 10.0. The highest BCUT2D eigenvalue weighted by Crippen LogP contribution is 2.39. The summed E-state index contributed by atoms with van der Waals surface area (Å²) in [7, 11) is 1.51. The number of anilines is 2. The fourth-order valence-electron chi connectivity index (χ4n) is 5.79. The SMILES string of the molecule is COc1cc2ccccc2c(N2CCc3c(nc(OCCCN4CCOCC4)nc3N3CCNCC3)C2)c1F. The van der Waals surface area contributed by atoms with Crippen LogP contribution in [0.5, 0.6) is 11.8 Å². The van der Waals surface area contributed by atoms with Crippen LogP contribution in [0.3, 0.4) is 0 Å². The third kappa shape index (κ3) is 5.59. The van der Waals surface area contributed by atoms with Crippen molar-refractivity contribution in [2.45, 2.75) is 19.4 Å². The van der Waals surface area contributed by atoms with Crippen LogP contribution in [0.2, 0.25) is 0 Å². The molecule has 208 valence electrons. The van der Waals surface area contributed by atoms with E-state index in [1.807, 2.05) is 24.3 Å². The molecular formula is C29H37FN6O3. The van der Waals surface area contributed by atoms with Crippen LogP contribution in [0, 0.1) is 5.82 Å². The Bertz CT molecular complexity index is 1300. The Morgan fingerprint density at radius 1 is 1.03 bits per heavy atom. The second-order valence-corrected chi connectivity index (χ2v) is 10.3. The van der Waals surface area contributed by atoms with Gasteiger partial charge < -0.3 is 29.3 Å². The van der Waals surface area contributed by atoms with E-state index >= 15 is 4.39 Å². The molecule has 2 aromatic carbocycles. The van der Waals surface area contributed by atoms with Crippen LogP contribution in [0.15, 0.2) is 30.3 Å². The second kappa shape index (κ2) is 11.9. The first kappa shape index (κ1) is 26.0. The van der Waals surface area contributed by atoms with Gasteiger partial charge in [0, 0.05) is 63.3 Å². The molecule has 0 radical (unpaired) electrons. The van der Waals surface area contributed by atoms with Crippen LogP contribution in [0.4, 0.5) is 15.9 Å². The van der Waals surface area contributed by atoms with Crippen molar-refractivity contribution in [3.63, 3.8) is 0 Å². The maximum Gasteiger partial charge on any atom is 0.318 e. The van der Waals surface area contributed by atoms with Crippen LogP contribution in [-0.4, -0.2) is 94.2 Å². The summed E-state index contributed by atoms with van der Waals surface area (Å²) in [5, 5.41) is 5.24. The smallest absolute Gasteiger partial charge is 0.318 e. The molecule has 9 nitrogen and oxygen atoms in total. The molecule has 39 heavy (non-hydrogen) atoms. The maximum atomic E-state index is 15.7. The fourth-order valence-corrected chi connectivity index (χ4v) is 5.79. The van der Waals surface area contributed by atoms with Gasteiger partial charge in [0.1, 0.15) is 5.82 Å². The number of halogens is 1. The molecule has 0 aliphatic carbocycles. The van der Waals surface area contributed by atoms with Crippen LogP contribution in [0.1, 0.15) is 17.7 Å². The van der Waals surface area contributed by atoms with Gasteiger partial charge in [0.05, 0.1) is 44.9 Å². The van der Waals surface area contributed by atoms with Gasteiger partial charge in [-0.15, -0.1) is 0 Å². The summed E-state index contributed by atoms with van der Waals surface area (Å²) in [5.74, 6) is 0.874. The van der Waals surface area contributed by atoms with Crippen LogP contribution in [0.25, 0.3) is 10.8 Å². The molecule has 2 fully saturated rings. The standard InChI is InChI=1S/C29H37FN6O3/c1-37-25-19-21-5-2-3-6-22(21)27(26(25)30)36-11-7-23-24(20-36)32-29(33-28(23)35-12-8-31-9-13-35)39-16-4-10-34-14-17-38-18-15-34/h2-3,5-6,19,31H,4,7-18,20H2,1H3. The maximum absolute atomic E-state index is 15.7. The van der Waals surface area contributed by atoms with Crippen molar-refractivity contribution in [3.8, 4) is 11.8 Å². The number of hydrogen-bond donors (Lipinski definition) is 1. The minimum Gasteiger partial charge on any atom is -0.494 e. The predicted octanol–water partition coefficient (Wildman–Crippen LogP) is 2.85. The lowest BCUT2D eigenvalue weighted by atomic mass is 10.0. The highest BCUT2D eigenvalue weighted by molar-refractivity contribution is 5.96. The van der Waals surface area contributed by atoms with Crippen molar-refractivity contribution >= 4 is 22.3 Å². The number of aromatic nitrogens is 2. The van der Waals surface area contributed by atoms with Crippen molar-refractivity contribution in [3.05, 3.63) is 47.4 Å². The topological polar surface area (TPSA) is 75.2 Å². The third-order valence-corrected chi connectivity index (χ3v) is 7.86. The van der Waals surface area contributed by atoms with Gasteiger partial charge in [-0.1, -0.05) is 24.3 Å². The number of nitrogens with one attached hydrogen (secondary N) is 1. The van der Waals surface area contributed by atoms with E-state index in [0.29, 0.717) is 31.4 Å². The number of ether oxygens (including phenoxy) is 3. The van der Waals surface area contributed by atoms with Gasteiger partial charge in [-0.2, -0.15) is 9.97 Å². The van der Waals surface area contributed by atoms with E-state index in [9.17, 15) is 0 Å². The molecule has 0 bridgehead atoms. The van der Waals surface area contributed by atoms with Gasteiger partial charge in [-0.05, 0) is 24.3 Å². The summed E-state index contributed by atoms with van der Waals surface area (Å²) in [4.78, 5) is 16.6. The Morgan fingerprint density at radius 2 is 1.85 bits per heavy atom. The molecule has 1 N–H and O–H groups in total. The zero-order valence-corrected chi connectivity index (χ0v) is 22.6. The highest BCUT2D eigenvalue weighted by atomic mass is 19.1. The minimum absolute atomic E-state index is 0.253. The number of piperazine rings is 1. The van der Waals surface area contributed by atoms with E-state index in [0.717, 1.165) is 99.7 Å². The average Bonchev–Trinajstić information content (AvgIpc) is 2.99. The molecule has 0 atom stereocenters. The van der Waals surface area contributed by atoms with Crippen molar-refractivity contribution in [1.82, 2.24) is 20.2 Å². The molecule has 3 aliphatic rings. The van der Waals surface area contributed by atoms with Crippen molar-refractivity contribution in [2.75, 3.05) is 89.1 Å². The van der Waals surface area contributed by atoms with E-state index in [2.05, 4.69) is 20.0 Å². The van der Waals surface area contributed by atoms with E-state index in [-0.39, 0.29) is 11.6 Å². The van der Waals surface area contributed by atoms with E-state index in [4.69, 9.17) is 24.2 Å². The lowest BCUT2D eigenvalue weighted by molar-refractivity contribution is 0.0356. The molecule has 3 aliphatic heterocycles. The zero-order chi connectivity index (χ0) is 26.6. The van der Waals surface area contributed by atoms with Gasteiger partial charge >= 0.3 is 6.01 Å². The Morgan fingerprint density at radius 3 is 2.67 bits per heavy atom. The summed E-state index contributed by atoms with van der Waals surface area (Å²) < 4.78 is 32.7. The van der Waals surface area contributed by atoms with Crippen molar-refractivity contribution < 1.29 is 18.6 Å². The number of morpholine rings is 1. The van der Waals surface area contributed by atoms with Crippen LogP contribution >= 0.6 is 0 Å². The molecule has 1 aromatic heterocycles. The summed E-state index contributed by atoms with van der Waals surface area (Å²) in [6.45, 7) is 9.80. The summed E-state index contributed by atoms with van der Waals surface area (Å²) in [5.41, 5.74) is 2.60. The van der Waals surface area contributed by atoms with E-state index < -0.39 is 0 Å². The number of hydrogen-bond acceptors (Lipinski definition) is 9. The molecule has 2 saturated heterocycles. The lowest BCUT2D eigenvalue weighted by Crippen LogP contribution is -2.45. The molecule has 3 aromatic rings. The summed E-state index contributed by atoms with van der Waals surface area (Å²) in [6.07, 6.45) is 1.63. The number of rotatable bonds is 8. The average molecular weight is 537 g/mol. The highest BCUT2D eigenvalue weighted by Gasteiger charge is 2.29. The van der Waals surface area contributed by atoms with Crippen LogP contribution in [-0.2, 0) is 17.7 Å². The molecule has 0 saturated carbocycles. The van der Waals surface area contributed by atoms with Crippen molar-refractivity contribution in [2.24, 2.45) is 0 Å². The number of fused-ring (bicyclic) bond motifs is 2. The fraction of sp³-hybridized carbons (Fsp3) is 0.517. The minimum atomic E-state index is -0.337. The number of benzene rings is 2. The van der Waals surface area contributed by atoms with Gasteiger partial charge in [0.15, 0.2) is 11.6 Å². The van der Waals surface area contributed by atoms with Gasteiger partial charge in [-0.25, -0.2) is 4.39 Å². The van der Waals surface area contributed by atoms with Crippen molar-refractivity contribution in [1.29, 1.82) is 0 Å². The predicted molar refractivity (Wildman–Crippen MR) is 150 cm³/mol. The molecule has 4 heterocycles. The zero-order valence-electron chi connectivity index (χ0n) is 22.6. The first-order valence-electron chi connectivity index (χ1n) is 14.0. The Kier molecular flexibility index (Phi) is 7.94. The normalized spacial score (nSPS) is 18.3. The second-order valence-electron chi connectivity index (χ2n) is 10.3. The first-order valence-corrected chi connectivity index (χ1v) is 14.0. The molecule has 0 amide bonds. The Labute approximate surface area is 228 Å². The van der Waals surface area contributed by atoms with E-state index in [1.54, 1.807) is 6.07 Å². The van der Waals surface area contributed by atoms with Crippen LogP contribution < -0.4 is 24.6 Å². The van der Waals surface area contributed by atoms with Gasteiger partial charge in [-0.3, -0.25) is 4.90 Å².